The molecule has 0 saturated heterocycles. The highest BCUT2D eigenvalue weighted by atomic mass is 16.6. The Bertz CT molecular complexity index is 514. The summed E-state index contributed by atoms with van der Waals surface area (Å²) in [5.74, 6) is 0.493. The highest BCUT2D eigenvalue weighted by Gasteiger charge is 2.39. The van der Waals surface area contributed by atoms with Gasteiger partial charge in [-0.25, -0.2) is 4.79 Å². The second-order valence-electron chi connectivity index (χ2n) is 8.52. The maximum Gasteiger partial charge on any atom is 0.411 e. The minimum atomic E-state index is -0.462. The van der Waals surface area contributed by atoms with Gasteiger partial charge in [0, 0.05) is 12.3 Å². The molecule has 0 aromatic carbocycles. The molecule has 4 nitrogen and oxygen atoms in total. The lowest BCUT2D eigenvalue weighted by Crippen LogP contribution is -2.45. The van der Waals surface area contributed by atoms with Crippen molar-refractivity contribution in [3.63, 3.8) is 0 Å². The summed E-state index contributed by atoms with van der Waals surface area (Å²) in [6, 6.07) is 0.726. The molecule has 1 heterocycles. The molecule has 142 valence electrons. The molecular weight excluding hydrogens is 312 g/mol. The molecule has 25 heavy (non-hydrogen) atoms. The summed E-state index contributed by atoms with van der Waals surface area (Å²) in [6.07, 6.45) is 11.0. The van der Waals surface area contributed by atoms with E-state index in [0.717, 1.165) is 19.3 Å². The van der Waals surface area contributed by atoms with Gasteiger partial charge in [-0.05, 0) is 64.9 Å². The number of aliphatic imine (C=N–C) groups is 1. The molecule has 2 rings (SSSR count). The van der Waals surface area contributed by atoms with Crippen molar-refractivity contribution in [1.29, 1.82) is 0 Å². The number of hydrogen-bond donors (Lipinski definition) is 0. The molecule has 1 aliphatic heterocycles. The summed E-state index contributed by atoms with van der Waals surface area (Å²) in [7, 11) is 0. The van der Waals surface area contributed by atoms with Gasteiger partial charge in [-0.3, -0.25) is 9.89 Å². The number of rotatable bonds is 7. The molecule has 0 N–H and O–H groups in total. The Labute approximate surface area is 153 Å². The van der Waals surface area contributed by atoms with Crippen LogP contribution in [0.15, 0.2) is 16.6 Å². The zero-order valence-electron chi connectivity index (χ0n) is 16.9. The van der Waals surface area contributed by atoms with Crippen LogP contribution in [0.3, 0.4) is 0 Å². The van der Waals surface area contributed by atoms with E-state index < -0.39 is 5.60 Å². The average Bonchev–Trinajstić information content (AvgIpc) is 3.35. The van der Waals surface area contributed by atoms with Gasteiger partial charge in [0.1, 0.15) is 5.60 Å². The van der Waals surface area contributed by atoms with Crippen molar-refractivity contribution in [1.82, 2.24) is 4.90 Å². The fourth-order valence-electron chi connectivity index (χ4n) is 3.52. The van der Waals surface area contributed by atoms with Crippen LogP contribution in [0, 0.1) is 5.92 Å². The number of carbonyl (C=O) groups excluding carboxylic acids is 1. The third-order valence-electron chi connectivity index (χ3n) is 5.07. The average molecular weight is 349 g/mol. The van der Waals surface area contributed by atoms with Crippen LogP contribution in [0.4, 0.5) is 4.79 Å². The zero-order valence-corrected chi connectivity index (χ0v) is 16.9. The van der Waals surface area contributed by atoms with E-state index in [4.69, 9.17) is 9.73 Å². The first-order chi connectivity index (χ1) is 11.8. The predicted octanol–water partition coefficient (Wildman–Crippen LogP) is 5.37. The zero-order chi connectivity index (χ0) is 18.6. The topological polar surface area (TPSA) is 41.9 Å². The lowest BCUT2D eigenvalue weighted by Gasteiger charge is -2.34. The van der Waals surface area contributed by atoms with E-state index in [9.17, 15) is 4.79 Å². The Morgan fingerprint density at radius 1 is 1.36 bits per heavy atom. The second kappa shape index (κ2) is 8.37. The maximum atomic E-state index is 12.7. The highest BCUT2D eigenvalue weighted by molar-refractivity contribution is 5.83. The van der Waals surface area contributed by atoms with Crippen molar-refractivity contribution in [2.45, 2.75) is 104 Å². The summed E-state index contributed by atoms with van der Waals surface area (Å²) in [5.41, 5.74) is 0.708. The molecule has 1 saturated carbocycles. The monoisotopic (exact) mass is 348 g/mol. The van der Waals surface area contributed by atoms with E-state index in [2.05, 4.69) is 26.8 Å². The Morgan fingerprint density at radius 3 is 2.56 bits per heavy atom. The van der Waals surface area contributed by atoms with Crippen LogP contribution >= 0.6 is 0 Å². The smallest absolute Gasteiger partial charge is 0.411 e. The summed E-state index contributed by atoms with van der Waals surface area (Å²) >= 11 is 0. The molecule has 4 heteroatoms. The summed E-state index contributed by atoms with van der Waals surface area (Å²) in [5, 5.41) is 0. The van der Waals surface area contributed by atoms with E-state index in [1.165, 1.54) is 24.8 Å². The van der Waals surface area contributed by atoms with Gasteiger partial charge >= 0.3 is 6.09 Å². The Kier molecular flexibility index (Phi) is 6.70. The van der Waals surface area contributed by atoms with Crippen LogP contribution in [0.1, 0.15) is 80.1 Å². The quantitative estimate of drug-likeness (QED) is 0.620. The predicted molar refractivity (Wildman–Crippen MR) is 104 cm³/mol. The van der Waals surface area contributed by atoms with Crippen molar-refractivity contribution >= 4 is 12.3 Å². The largest absolute Gasteiger partial charge is 0.444 e. The normalized spacial score (nSPS) is 24.6. The number of carbonyl (C=O) groups is 1. The Hall–Kier alpha value is -1.32. The first-order valence-corrected chi connectivity index (χ1v) is 10.0. The van der Waals surface area contributed by atoms with Crippen LogP contribution in [0.5, 0.6) is 0 Å². The van der Waals surface area contributed by atoms with Crippen LogP contribution in [-0.4, -0.2) is 40.9 Å². The van der Waals surface area contributed by atoms with Crippen molar-refractivity contribution < 1.29 is 9.53 Å². The molecule has 2 aliphatic rings. The standard InChI is InChI=1S/C21H36N2O2/c1-7-9-10-16-13-17(14-22-19(16)8-2)15(3)23(18-11-12-18)20(24)25-21(4,5)6/h13-16,18-19H,7-12H2,1-6H3/t15-,16?,19?/m1/s1. The molecule has 3 atom stereocenters. The number of unbranched alkanes of at least 4 members (excludes halogenated alkanes) is 1. The molecule has 0 bridgehead atoms. The van der Waals surface area contributed by atoms with Gasteiger partial charge < -0.3 is 4.74 Å². The Balaban J connectivity index is 2.14. The van der Waals surface area contributed by atoms with Gasteiger partial charge in [0.2, 0.25) is 0 Å². The third-order valence-corrected chi connectivity index (χ3v) is 5.07. The van der Waals surface area contributed by atoms with Gasteiger partial charge in [0.05, 0.1) is 12.1 Å². The van der Waals surface area contributed by atoms with Crippen LogP contribution in [0.25, 0.3) is 0 Å². The fourth-order valence-corrected chi connectivity index (χ4v) is 3.52. The number of ether oxygens (including phenoxy) is 1. The molecule has 0 spiro atoms. The third kappa shape index (κ3) is 5.58. The number of amides is 1. The van der Waals surface area contributed by atoms with Crippen molar-refractivity contribution in [2.75, 3.05) is 0 Å². The summed E-state index contributed by atoms with van der Waals surface area (Å²) in [4.78, 5) is 19.5. The summed E-state index contributed by atoms with van der Waals surface area (Å²) in [6.45, 7) is 12.3. The molecule has 1 fully saturated rings. The van der Waals surface area contributed by atoms with Crippen molar-refractivity contribution in [3.05, 3.63) is 11.6 Å². The molecule has 1 aliphatic carbocycles. The number of dihydropyridines is 1. The lowest BCUT2D eigenvalue weighted by atomic mass is 9.87. The number of hydrogen-bond acceptors (Lipinski definition) is 3. The molecule has 0 aromatic rings. The molecule has 2 unspecified atom stereocenters. The van der Waals surface area contributed by atoms with Crippen LogP contribution in [-0.2, 0) is 4.74 Å². The van der Waals surface area contributed by atoms with E-state index in [1.54, 1.807) is 0 Å². The fraction of sp³-hybridized carbons (Fsp3) is 0.810. The van der Waals surface area contributed by atoms with Crippen molar-refractivity contribution in [2.24, 2.45) is 10.9 Å². The first-order valence-electron chi connectivity index (χ1n) is 10.0. The SMILES string of the molecule is CCCCC1C=C([C@@H](C)N(C(=O)OC(C)(C)C)C2CC2)C=NC1CC. The summed E-state index contributed by atoms with van der Waals surface area (Å²) < 4.78 is 5.66. The maximum absolute atomic E-state index is 12.7. The molecular formula is C21H36N2O2. The van der Waals surface area contributed by atoms with Gasteiger partial charge in [0.25, 0.3) is 0 Å². The minimum absolute atomic E-state index is 0.0213. The van der Waals surface area contributed by atoms with E-state index in [0.29, 0.717) is 18.0 Å². The van der Waals surface area contributed by atoms with Crippen LogP contribution in [0.2, 0.25) is 0 Å². The number of nitrogens with zero attached hydrogens (tertiary/aromatic N) is 2. The van der Waals surface area contributed by atoms with Gasteiger partial charge in [-0.15, -0.1) is 0 Å². The van der Waals surface area contributed by atoms with E-state index in [1.807, 2.05) is 31.9 Å². The van der Waals surface area contributed by atoms with E-state index >= 15 is 0 Å². The Morgan fingerprint density at radius 2 is 2.04 bits per heavy atom. The second-order valence-corrected chi connectivity index (χ2v) is 8.52. The van der Waals surface area contributed by atoms with Gasteiger partial charge in [0.15, 0.2) is 0 Å². The molecule has 1 amide bonds. The minimum Gasteiger partial charge on any atom is -0.444 e. The molecule has 0 aromatic heterocycles. The first kappa shape index (κ1) is 20.0. The van der Waals surface area contributed by atoms with Crippen molar-refractivity contribution in [3.8, 4) is 0 Å². The van der Waals surface area contributed by atoms with Gasteiger partial charge in [-0.2, -0.15) is 0 Å². The van der Waals surface area contributed by atoms with Gasteiger partial charge in [-0.1, -0.05) is 32.8 Å². The lowest BCUT2D eigenvalue weighted by molar-refractivity contribution is 0.0189. The van der Waals surface area contributed by atoms with Crippen LogP contribution < -0.4 is 0 Å². The highest BCUT2D eigenvalue weighted by Crippen LogP contribution is 2.34. The molecule has 0 radical (unpaired) electrons. The van der Waals surface area contributed by atoms with E-state index in [-0.39, 0.29) is 12.1 Å².